The molecule has 18 heavy (non-hydrogen) atoms. The number of carboxylic acid groups (broad SMARTS) is 1. The summed E-state index contributed by atoms with van der Waals surface area (Å²) in [5, 5.41) is 22.1. The van der Waals surface area contributed by atoms with Gasteiger partial charge in [0.25, 0.3) is 0 Å². The molecule has 7 nitrogen and oxygen atoms in total. The van der Waals surface area contributed by atoms with Crippen LogP contribution in [0, 0.1) is 16.0 Å². The fourth-order valence-corrected chi connectivity index (χ4v) is 1.36. The Morgan fingerprint density at radius 3 is 2.83 bits per heavy atom. The van der Waals surface area contributed by atoms with Crippen LogP contribution < -0.4 is 5.32 Å². The van der Waals surface area contributed by atoms with Crippen LogP contribution in [0.3, 0.4) is 0 Å². The molecule has 98 valence electrons. The van der Waals surface area contributed by atoms with Crippen molar-refractivity contribution in [1.29, 1.82) is 0 Å². The van der Waals surface area contributed by atoms with Gasteiger partial charge in [-0.3, -0.25) is 4.79 Å². The SMILES string of the molecule is CC(CCCNc1ccc([N+](=O)[O-])nc1)C(=O)O. The van der Waals surface area contributed by atoms with Crippen LogP contribution in [0.15, 0.2) is 18.3 Å². The number of anilines is 1. The monoisotopic (exact) mass is 253 g/mol. The summed E-state index contributed by atoms with van der Waals surface area (Å²) in [5.74, 6) is -1.35. The topological polar surface area (TPSA) is 105 Å². The van der Waals surface area contributed by atoms with Crippen LogP contribution in [-0.2, 0) is 4.79 Å². The number of aliphatic carboxylic acids is 1. The van der Waals surface area contributed by atoms with Crippen LogP contribution in [-0.4, -0.2) is 27.5 Å². The largest absolute Gasteiger partial charge is 0.481 e. The van der Waals surface area contributed by atoms with Crippen molar-refractivity contribution in [3.05, 3.63) is 28.4 Å². The minimum absolute atomic E-state index is 0.194. The lowest BCUT2D eigenvalue weighted by atomic mass is 10.1. The number of nitrogens with one attached hydrogen (secondary N) is 1. The highest BCUT2D eigenvalue weighted by Crippen LogP contribution is 2.12. The van der Waals surface area contributed by atoms with E-state index in [1.807, 2.05) is 0 Å². The number of pyridine rings is 1. The van der Waals surface area contributed by atoms with Crippen molar-refractivity contribution in [3.8, 4) is 0 Å². The summed E-state index contributed by atoms with van der Waals surface area (Å²) in [4.78, 5) is 24.1. The van der Waals surface area contributed by atoms with Gasteiger partial charge in [0.2, 0.25) is 0 Å². The van der Waals surface area contributed by atoms with Crippen molar-refractivity contribution in [3.63, 3.8) is 0 Å². The predicted molar refractivity (Wildman–Crippen MR) is 65.4 cm³/mol. The first-order valence-corrected chi connectivity index (χ1v) is 5.58. The Morgan fingerprint density at radius 2 is 2.33 bits per heavy atom. The van der Waals surface area contributed by atoms with Gasteiger partial charge in [0.15, 0.2) is 6.20 Å². The predicted octanol–water partition coefficient (Wildman–Crippen LogP) is 1.90. The Labute approximate surface area is 104 Å². The van der Waals surface area contributed by atoms with E-state index >= 15 is 0 Å². The number of hydrogen-bond acceptors (Lipinski definition) is 5. The van der Waals surface area contributed by atoms with Crippen molar-refractivity contribution in [2.75, 3.05) is 11.9 Å². The zero-order valence-corrected chi connectivity index (χ0v) is 10.00. The van der Waals surface area contributed by atoms with Crippen molar-refractivity contribution < 1.29 is 14.8 Å². The van der Waals surface area contributed by atoms with Gasteiger partial charge in [0.05, 0.1) is 11.6 Å². The minimum atomic E-state index is -0.799. The Kier molecular flexibility index (Phi) is 5.04. The van der Waals surface area contributed by atoms with E-state index in [9.17, 15) is 14.9 Å². The van der Waals surface area contributed by atoms with E-state index in [1.54, 1.807) is 13.0 Å². The van der Waals surface area contributed by atoms with Gasteiger partial charge < -0.3 is 20.5 Å². The maximum absolute atomic E-state index is 10.6. The molecule has 1 atom stereocenters. The molecule has 2 N–H and O–H groups in total. The number of nitrogens with zero attached hydrogens (tertiary/aromatic N) is 2. The van der Waals surface area contributed by atoms with Gasteiger partial charge in [-0.2, -0.15) is 0 Å². The molecule has 0 aliphatic carbocycles. The zero-order valence-electron chi connectivity index (χ0n) is 10.00. The molecule has 1 rings (SSSR count). The molecule has 0 radical (unpaired) electrons. The molecule has 0 aromatic carbocycles. The van der Waals surface area contributed by atoms with Crippen LogP contribution in [0.5, 0.6) is 0 Å². The van der Waals surface area contributed by atoms with E-state index in [1.165, 1.54) is 12.3 Å². The highest BCUT2D eigenvalue weighted by atomic mass is 16.6. The summed E-state index contributed by atoms with van der Waals surface area (Å²) in [6, 6.07) is 2.90. The fraction of sp³-hybridized carbons (Fsp3) is 0.455. The third kappa shape index (κ3) is 4.36. The van der Waals surface area contributed by atoms with E-state index in [0.29, 0.717) is 25.1 Å². The van der Waals surface area contributed by atoms with E-state index in [2.05, 4.69) is 10.3 Å². The van der Waals surface area contributed by atoms with Crippen LogP contribution in [0.2, 0.25) is 0 Å². The summed E-state index contributed by atoms with van der Waals surface area (Å²) in [6.07, 6.45) is 2.69. The van der Waals surface area contributed by atoms with E-state index in [0.717, 1.165) is 0 Å². The van der Waals surface area contributed by atoms with Gasteiger partial charge in [-0.15, -0.1) is 0 Å². The minimum Gasteiger partial charge on any atom is -0.481 e. The average Bonchev–Trinajstić information content (AvgIpc) is 2.34. The first kappa shape index (κ1) is 13.9. The summed E-state index contributed by atoms with van der Waals surface area (Å²) in [5.41, 5.74) is 0.684. The molecule has 0 spiro atoms. The molecule has 1 aromatic heterocycles. The number of carbonyl (C=O) groups is 1. The van der Waals surface area contributed by atoms with Gasteiger partial charge in [-0.05, 0) is 28.8 Å². The summed E-state index contributed by atoms with van der Waals surface area (Å²) >= 11 is 0. The molecule has 0 amide bonds. The molecule has 0 aliphatic heterocycles. The maximum Gasteiger partial charge on any atom is 0.363 e. The van der Waals surface area contributed by atoms with Crippen molar-refractivity contribution in [1.82, 2.24) is 4.98 Å². The lowest BCUT2D eigenvalue weighted by molar-refractivity contribution is -0.389. The molecule has 0 saturated heterocycles. The number of aromatic nitrogens is 1. The molecule has 1 unspecified atom stereocenters. The van der Waals surface area contributed by atoms with E-state index in [4.69, 9.17) is 5.11 Å². The van der Waals surface area contributed by atoms with E-state index in [-0.39, 0.29) is 11.7 Å². The highest BCUT2D eigenvalue weighted by molar-refractivity contribution is 5.69. The molecular weight excluding hydrogens is 238 g/mol. The van der Waals surface area contributed by atoms with Crippen molar-refractivity contribution in [2.45, 2.75) is 19.8 Å². The second-order valence-electron chi connectivity index (χ2n) is 3.97. The molecule has 0 aliphatic rings. The first-order chi connectivity index (χ1) is 8.50. The summed E-state index contributed by atoms with van der Waals surface area (Å²) in [6.45, 7) is 2.27. The smallest absolute Gasteiger partial charge is 0.363 e. The quantitative estimate of drug-likeness (QED) is 0.436. The van der Waals surface area contributed by atoms with Gasteiger partial charge in [0.1, 0.15) is 0 Å². The molecule has 7 heteroatoms. The van der Waals surface area contributed by atoms with Crippen molar-refractivity contribution in [2.24, 2.45) is 5.92 Å². The zero-order chi connectivity index (χ0) is 13.5. The fourth-order valence-electron chi connectivity index (χ4n) is 1.36. The Bertz CT molecular complexity index is 419. The number of carboxylic acids is 1. The number of rotatable bonds is 7. The second kappa shape index (κ2) is 6.53. The molecule has 0 saturated carbocycles. The second-order valence-corrected chi connectivity index (χ2v) is 3.97. The molecule has 0 fully saturated rings. The first-order valence-electron chi connectivity index (χ1n) is 5.58. The highest BCUT2D eigenvalue weighted by Gasteiger charge is 2.10. The Morgan fingerprint density at radius 1 is 1.61 bits per heavy atom. The summed E-state index contributed by atoms with van der Waals surface area (Å²) < 4.78 is 0. The van der Waals surface area contributed by atoms with Gasteiger partial charge in [-0.25, -0.2) is 0 Å². The average molecular weight is 253 g/mol. The third-order valence-corrected chi connectivity index (χ3v) is 2.50. The molecule has 1 aromatic rings. The molecule has 0 bridgehead atoms. The Balaban J connectivity index is 2.31. The molecule has 1 heterocycles. The van der Waals surface area contributed by atoms with Crippen LogP contribution >= 0.6 is 0 Å². The van der Waals surface area contributed by atoms with Gasteiger partial charge >= 0.3 is 11.8 Å². The lowest BCUT2D eigenvalue weighted by Crippen LogP contribution is -2.11. The van der Waals surface area contributed by atoms with Gasteiger partial charge in [-0.1, -0.05) is 6.92 Å². The van der Waals surface area contributed by atoms with Gasteiger partial charge in [0, 0.05) is 12.6 Å². The van der Waals surface area contributed by atoms with E-state index < -0.39 is 10.9 Å². The van der Waals surface area contributed by atoms with Crippen LogP contribution in [0.4, 0.5) is 11.5 Å². The third-order valence-electron chi connectivity index (χ3n) is 2.50. The van der Waals surface area contributed by atoms with Crippen LogP contribution in [0.25, 0.3) is 0 Å². The maximum atomic E-state index is 10.6. The lowest BCUT2D eigenvalue weighted by Gasteiger charge is -2.07. The van der Waals surface area contributed by atoms with Crippen molar-refractivity contribution >= 4 is 17.5 Å². The molecular formula is C11H15N3O4. The Hall–Kier alpha value is -2.18. The number of nitro groups is 1. The van der Waals surface area contributed by atoms with Crippen LogP contribution in [0.1, 0.15) is 19.8 Å². The standard InChI is InChI=1S/C11H15N3O4/c1-8(11(15)16)3-2-6-12-9-4-5-10(13-7-9)14(17)18/h4-5,7-8,12H,2-3,6H2,1H3,(H,15,16). The summed E-state index contributed by atoms with van der Waals surface area (Å²) in [7, 11) is 0. The number of hydrogen-bond donors (Lipinski definition) is 2. The normalized spacial score (nSPS) is 11.8.